The second-order valence-corrected chi connectivity index (χ2v) is 8.58. The van der Waals surface area contributed by atoms with Crippen LogP contribution >= 0.6 is 23.2 Å². The molecule has 0 heterocycles. The van der Waals surface area contributed by atoms with Gasteiger partial charge in [-0.3, -0.25) is 9.59 Å². The molecule has 2 atom stereocenters. The second kappa shape index (κ2) is 11.4. The van der Waals surface area contributed by atoms with Crippen molar-refractivity contribution in [1.82, 2.24) is 10.2 Å². The fourth-order valence-corrected chi connectivity index (χ4v) is 3.45. The van der Waals surface area contributed by atoms with E-state index in [1.54, 1.807) is 25.1 Å². The topological polar surface area (TPSA) is 58.6 Å². The number of aryl methyl sites for hydroxylation is 1. The lowest BCUT2D eigenvalue weighted by Crippen LogP contribution is -2.50. The minimum Gasteiger partial charge on any atom is -0.483 e. The van der Waals surface area contributed by atoms with Gasteiger partial charge in [0.1, 0.15) is 11.8 Å². The van der Waals surface area contributed by atoms with E-state index < -0.39 is 6.04 Å². The average molecular weight is 465 g/mol. The molecule has 0 radical (unpaired) electrons. The van der Waals surface area contributed by atoms with Crippen LogP contribution in [-0.2, 0) is 16.1 Å². The predicted molar refractivity (Wildman–Crippen MR) is 126 cm³/mol. The molecular formula is C24H30Cl2N2O3. The van der Waals surface area contributed by atoms with Crippen LogP contribution in [0.1, 0.15) is 43.9 Å². The maximum Gasteiger partial charge on any atom is 0.261 e. The van der Waals surface area contributed by atoms with Gasteiger partial charge in [0.25, 0.3) is 5.91 Å². The first-order valence-electron chi connectivity index (χ1n) is 10.4. The number of nitrogens with zero attached hydrogens (tertiary/aromatic N) is 1. The number of rotatable bonds is 9. The predicted octanol–water partition coefficient (Wildman–Crippen LogP) is 5.32. The summed E-state index contributed by atoms with van der Waals surface area (Å²) in [5, 5.41) is 3.88. The van der Waals surface area contributed by atoms with Crippen molar-refractivity contribution in [2.45, 2.75) is 59.7 Å². The van der Waals surface area contributed by atoms with Crippen molar-refractivity contribution >= 4 is 35.0 Å². The molecule has 0 unspecified atom stereocenters. The summed E-state index contributed by atoms with van der Waals surface area (Å²) in [7, 11) is 0. The molecule has 2 aromatic carbocycles. The number of nitrogens with one attached hydrogen (secondary N) is 1. The smallest absolute Gasteiger partial charge is 0.261 e. The third kappa shape index (κ3) is 6.88. The molecule has 1 N–H and O–H groups in total. The Kier molecular flexibility index (Phi) is 9.20. The molecular weight excluding hydrogens is 435 g/mol. The van der Waals surface area contributed by atoms with Crippen LogP contribution in [0.3, 0.4) is 0 Å². The van der Waals surface area contributed by atoms with E-state index in [9.17, 15) is 9.59 Å². The molecule has 2 rings (SSSR count). The summed E-state index contributed by atoms with van der Waals surface area (Å²) in [6, 6.07) is 10.1. The van der Waals surface area contributed by atoms with Crippen LogP contribution in [0.15, 0.2) is 36.4 Å². The van der Waals surface area contributed by atoms with E-state index in [1.807, 2.05) is 45.9 Å². The highest BCUT2D eigenvalue weighted by Crippen LogP contribution is 2.24. The van der Waals surface area contributed by atoms with Crippen molar-refractivity contribution in [3.05, 3.63) is 63.1 Å². The summed E-state index contributed by atoms with van der Waals surface area (Å²) < 4.78 is 5.80. The zero-order chi connectivity index (χ0) is 23.1. The number of benzene rings is 2. The normalized spacial score (nSPS) is 12.7. The molecule has 0 aliphatic carbocycles. The summed E-state index contributed by atoms with van der Waals surface area (Å²) in [6.45, 7) is 9.54. The minimum atomic E-state index is -0.699. The summed E-state index contributed by atoms with van der Waals surface area (Å²) >= 11 is 12.3. The van der Waals surface area contributed by atoms with Crippen molar-refractivity contribution in [2.24, 2.45) is 0 Å². The van der Waals surface area contributed by atoms with Gasteiger partial charge >= 0.3 is 0 Å². The van der Waals surface area contributed by atoms with E-state index in [-0.39, 0.29) is 31.0 Å². The van der Waals surface area contributed by atoms with Crippen LogP contribution in [0.2, 0.25) is 10.0 Å². The Morgan fingerprint density at radius 2 is 1.84 bits per heavy atom. The first kappa shape index (κ1) is 25.0. The lowest BCUT2D eigenvalue weighted by Gasteiger charge is -2.30. The lowest BCUT2D eigenvalue weighted by atomic mass is 10.1. The van der Waals surface area contributed by atoms with E-state index in [1.165, 1.54) is 4.90 Å². The van der Waals surface area contributed by atoms with Gasteiger partial charge in [-0.05, 0) is 69.0 Å². The Hall–Kier alpha value is -2.24. The van der Waals surface area contributed by atoms with Crippen molar-refractivity contribution in [1.29, 1.82) is 0 Å². The van der Waals surface area contributed by atoms with Gasteiger partial charge in [-0.1, -0.05) is 48.3 Å². The van der Waals surface area contributed by atoms with Gasteiger partial charge in [-0.2, -0.15) is 0 Å². The summed E-state index contributed by atoms with van der Waals surface area (Å²) in [5.74, 6) is 0.118. The van der Waals surface area contributed by atoms with Crippen molar-refractivity contribution in [3.63, 3.8) is 0 Å². The van der Waals surface area contributed by atoms with Crippen LogP contribution in [0.25, 0.3) is 0 Å². The van der Waals surface area contributed by atoms with Crippen molar-refractivity contribution < 1.29 is 14.3 Å². The average Bonchev–Trinajstić information content (AvgIpc) is 2.73. The minimum absolute atomic E-state index is 0.0113. The van der Waals surface area contributed by atoms with E-state index in [2.05, 4.69) is 5.32 Å². The number of hydrogen-bond acceptors (Lipinski definition) is 3. The fourth-order valence-electron chi connectivity index (χ4n) is 2.98. The van der Waals surface area contributed by atoms with Gasteiger partial charge < -0.3 is 15.0 Å². The number of carbonyl (C=O) groups is 2. The Labute approximate surface area is 194 Å². The molecule has 0 aliphatic heterocycles. The standard InChI is InChI=1S/C24H30Cl2N2O3/c1-6-16(3)27-24(30)18(5)28(13-19-10-11-20(25)12-21(19)26)23(29)14-31-22-9-7-8-15(2)17(22)4/h7-12,16,18H,6,13-14H2,1-5H3,(H,27,30)/t16-,18-/m1/s1. The van der Waals surface area contributed by atoms with Gasteiger partial charge in [0.05, 0.1) is 0 Å². The number of hydrogen-bond donors (Lipinski definition) is 1. The Morgan fingerprint density at radius 3 is 2.48 bits per heavy atom. The first-order valence-corrected chi connectivity index (χ1v) is 11.1. The number of amides is 2. The Bertz CT molecular complexity index is 933. The maximum absolute atomic E-state index is 13.1. The first-order chi connectivity index (χ1) is 14.6. The number of carbonyl (C=O) groups excluding carboxylic acids is 2. The molecule has 0 saturated heterocycles. The molecule has 0 bridgehead atoms. The zero-order valence-corrected chi connectivity index (χ0v) is 20.2. The summed E-state index contributed by atoms with van der Waals surface area (Å²) in [5.41, 5.74) is 2.76. The summed E-state index contributed by atoms with van der Waals surface area (Å²) in [4.78, 5) is 27.4. The Balaban J connectivity index is 2.23. The lowest BCUT2D eigenvalue weighted by molar-refractivity contribution is -0.142. The van der Waals surface area contributed by atoms with E-state index in [4.69, 9.17) is 27.9 Å². The third-order valence-electron chi connectivity index (χ3n) is 5.43. The molecule has 168 valence electrons. The van der Waals surface area contributed by atoms with E-state index in [0.29, 0.717) is 21.4 Å². The SMILES string of the molecule is CC[C@@H](C)NC(=O)[C@@H](C)N(Cc1ccc(Cl)cc1Cl)C(=O)COc1cccc(C)c1C. The fraction of sp³-hybridized carbons (Fsp3) is 0.417. The second-order valence-electron chi connectivity index (χ2n) is 7.74. The maximum atomic E-state index is 13.1. The summed E-state index contributed by atoms with van der Waals surface area (Å²) in [6.07, 6.45) is 0.797. The molecule has 5 nitrogen and oxygen atoms in total. The molecule has 7 heteroatoms. The number of halogens is 2. The van der Waals surface area contributed by atoms with Gasteiger partial charge in [0.15, 0.2) is 6.61 Å². The Morgan fingerprint density at radius 1 is 1.13 bits per heavy atom. The molecule has 31 heavy (non-hydrogen) atoms. The van der Waals surface area contributed by atoms with E-state index in [0.717, 1.165) is 17.5 Å². The van der Waals surface area contributed by atoms with Crippen molar-refractivity contribution in [3.8, 4) is 5.75 Å². The molecule has 0 aromatic heterocycles. The largest absolute Gasteiger partial charge is 0.483 e. The highest BCUT2D eigenvalue weighted by molar-refractivity contribution is 6.35. The van der Waals surface area contributed by atoms with Crippen LogP contribution in [0.4, 0.5) is 0 Å². The van der Waals surface area contributed by atoms with Crippen LogP contribution in [0, 0.1) is 13.8 Å². The monoisotopic (exact) mass is 464 g/mol. The highest BCUT2D eigenvalue weighted by atomic mass is 35.5. The molecule has 0 saturated carbocycles. The van der Waals surface area contributed by atoms with Gasteiger partial charge in [0.2, 0.25) is 5.91 Å². The molecule has 2 amide bonds. The van der Waals surface area contributed by atoms with Gasteiger partial charge in [-0.25, -0.2) is 0 Å². The number of ether oxygens (including phenoxy) is 1. The van der Waals surface area contributed by atoms with Crippen LogP contribution in [-0.4, -0.2) is 35.4 Å². The van der Waals surface area contributed by atoms with Crippen molar-refractivity contribution in [2.75, 3.05) is 6.61 Å². The van der Waals surface area contributed by atoms with Crippen LogP contribution < -0.4 is 10.1 Å². The van der Waals surface area contributed by atoms with Gasteiger partial charge in [-0.15, -0.1) is 0 Å². The third-order valence-corrected chi connectivity index (χ3v) is 6.02. The molecule has 0 fully saturated rings. The molecule has 2 aromatic rings. The highest BCUT2D eigenvalue weighted by Gasteiger charge is 2.28. The zero-order valence-electron chi connectivity index (χ0n) is 18.7. The van der Waals surface area contributed by atoms with E-state index >= 15 is 0 Å². The molecule has 0 spiro atoms. The van der Waals surface area contributed by atoms with Crippen LogP contribution in [0.5, 0.6) is 5.75 Å². The molecule has 0 aliphatic rings. The quantitative estimate of drug-likeness (QED) is 0.545. The van der Waals surface area contributed by atoms with Gasteiger partial charge in [0, 0.05) is 22.6 Å².